The van der Waals surface area contributed by atoms with Crippen molar-refractivity contribution in [2.45, 2.75) is 13.8 Å². The van der Waals surface area contributed by atoms with Gasteiger partial charge >= 0.3 is 29.6 Å². The fraction of sp³-hybridized carbons (Fsp3) is 0.750. The van der Waals surface area contributed by atoms with E-state index in [9.17, 15) is 0 Å². The third-order valence-corrected chi connectivity index (χ3v) is 0.327. The average molecular weight is 163 g/mol. The molecule has 0 aromatic carbocycles. The Bertz CT molecular complexity index is 53.8. The maximum Gasteiger partial charge on any atom is 1.00 e. The number of halogens is 1. The predicted octanol–water partition coefficient (Wildman–Crippen LogP) is -3.06. The van der Waals surface area contributed by atoms with Gasteiger partial charge in [-0.3, -0.25) is 4.29 Å². The molecule has 0 heterocycles. The van der Waals surface area contributed by atoms with Gasteiger partial charge in [0.1, 0.15) is 0 Å². The van der Waals surface area contributed by atoms with Gasteiger partial charge in [-0.2, -0.15) is 0 Å². The van der Waals surface area contributed by atoms with Crippen LogP contribution in [0.5, 0.6) is 0 Å². The number of carbonyl (C=O) groups excluding carboxylic acids is 1. The van der Waals surface area contributed by atoms with E-state index in [-0.39, 0.29) is 29.6 Å². The van der Waals surface area contributed by atoms with Crippen molar-refractivity contribution >= 4 is 17.8 Å². The Morgan fingerprint density at radius 1 is 1.78 bits per heavy atom. The van der Waals surface area contributed by atoms with Crippen LogP contribution in [0.2, 0.25) is 0 Å². The monoisotopic (exact) mass is 162 g/mol. The Hall–Kier alpha value is 0.720. The van der Waals surface area contributed by atoms with Crippen LogP contribution in [0.1, 0.15) is 13.8 Å². The molecular formula is C4H8ClNaO3. The number of carbonyl (C=O) groups is 1. The molecule has 5 heteroatoms. The summed E-state index contributed by atoms with van der Waals surface area (Å²) in [6, 6.07) is 0. The number of hydrogen-bond donors (Lipinski definition) is 0. The second-order valence-electron chi connectivity index (χ2n) is 0.889. The first-order valence-corrected chi connectivity index (χ1v) is 2.37. The number of rotatable bonds is 1. The molecule has 3 nitrogen and oxygen atoms in total. The third-order valence-electron chi connectivity index (χ3n) is 0.109. The summed E-state index contributed by atoms with van der Waals surface area (Å²) in [6.45, 7) is 3.38. The first-order valence-electron chi connectivity index (χ1n) is 2.06. The predicted molar refractivity (Wildman–Crippen MR) is 28.2 cm³/mol. The minimum Gasteiger partial charge on any atom is -0.550 e. The normalized spacial score (nSPS) is 6.11. The SMILES string of the molecule is CC(=O)[O-].CCOCl.[Na+]. The quantitative estimate of drug-likeness (QED) is 0.385. The maximum atomic E-state index is 8.89. The van der Waals surface area contributed by atoms with Crippen LogP contribution in [0.25, 0.3) is 0 Å². The molecule has 0 N–H and O–H groups in total. The number of carboxylic acid groups (broad SMARTS) is 1. The number of aliphatic carboxylic acids is 1. The summed E-state index contributed by atoms with van der Waals surface area (Å²) in [6.07, 6.45) is 0. The van der Waals surface area contributed by atoms with Gasteiger partial charge in [-0.05, 0) is 13.8 Å². The molecule has 0 unspecified atom stereocenters. The summed E-state index contributed by atoms with van der Waals surface area (Å²) >= 11 is 4.69. The van der Waals surface area contributed by atoms with Crippen molar-refractivity contribution in [3.05, 3.63) is 0 Å². The first kappa shape index (κ1) is 16.4. The summed E-state index contributed by atoms with van der Waals surface area (Å²) in [5, 5.41) is 8.89. The average Bonchev–Trinajstić information content (AvgIpc) is 1.65. The molecule has 0 saturated carbocycles. The molecule has 0 spiro atoms. The van der Waals surface area contributed by atoms with Crippen LogP contribution in [0.15, 0.2) is 0 Å². The zero-order valence-electron chi connectivity index (χ0n) is 5.81. The molecule has 0 rings (SSSR count). The van der Waals surface area contributed by atoms with Gasteiger partial charge < -0.3 is 9.90 Å². The molecule has 0 aliphatic rings. The zero-order valence-corrected chi connectivity index (χ0v) is 8.57. The van der Waals surface area contributed by atoms with Crippen molar-refractivity contribution in [1.82, 2.24) is 0 Å². The molecule has 0 aromatic rings. The van der Waals surface area contributed by atoms with Crippen LogP contribution in [0.4, 0.5) is 0 Å². The largest absolute Gasteiger partial charge is 1.00 e. The Kier molecular flexibility index (Phi) is 28.9. The smallest absolute Gasteiger partial charge is 0.550 e. The van der Waals surface area contributed by atoms with Gasteiger partial charge in [0, 0.05) is 5.97 Å². The van der Waals surface area contributed by atoms with Crippen molar-refractivity contribution in [2.24, 2.45) is 0 Å². The Morgan fingerprint density at radius 2 is 1.89 bits per heavy atom. The van der Waals surface area contributed by atoms with Crippen LogP contribution < -0.4 is 34.7 Å². The van der Waals surface area contributed by atoms with Crippen molar-refractivity contribution in [3.8, 4) is 0 Å². The molecule has 0 saturated heterocycles. The van der Waals surface area contributed by atoms with Crippen molar-refractivity contribution in [3.63, 3.8) is 0 Å². The van der Waals surface area contributed by atoms with E-state index in [0.717, 1.165) is 6.92 Å². The van der Waals surface area contributed by atoms with Crippen LogP contribution >= 0.6 is 11.9 Å². The van der Waals surface area contributed by atoms with E-state index >= 15 is 0 Å². The molecule has 0 aromatic heterocycles. The molecule has 0 amide bonds. The molecule has 0 bridgehead atoms. The van der Waals surface area contributed by atoms with E-state index < -0.39 is 5.97 Å². The second-order valence-corrected chi connectivity index (χ2v) is 1.11. The van der Waals surface area contributed by atoms with Crippen molar-refractivity contribution in [2.75, 3.05) is 6.61 Å². The minimum absolute atomic E-state index is 0. The molecule has 0 fully saturated rings. The van der Waals surface area contributed by atoms with Gasteiger partial charge in [0.05, 0.1) is 18.5 Å². The molecule has 0 aliphatic carbocycles. The summed E-state index contributed by atoms with van der Waals surface area (Å²) in [4.78, 5) is 8.89. The van der Waals surface area contributed by atoms with Crippen molar-refractivity contribution in [1.29, 1.82) is 0 Å². The summed E-state index contributed by atoms with van der Waals surface area (Å²) in [7, 11) is 0. The molecular weight excluding hydrogens is 154 g/mol. The van der Waals surface area contributed by atoms with E-state index in [1.165, 1.54) is 0 Å². The second kappa shape index (κ2) is 15.9. The summed E-state index contributed by atoms with van der Waals surface area (Å²) in [5.41, 5.74) is 0. The van der Waals surface area contributed by atoms with Gasteiger partial charge in [-0.15, -0.1) is 0 Å². The van der Waals surface area contributed by atoms with E-state index in [1.807, 2.05) is 6.92 Å². The van der Waals surface area contributed by atoms with Gasteiger partial charge in [0.15, 0.2) is 0 Å². The van der Waals surface area contributed by atoms with E-state index in [0.29, 0.717) is 6.61 Å². The number of hydrogen-bond acceptors (Lipinski definition) is 3. The molecule has 0 atom stereocenters. The molecule has 9 heavy (non-hydrogen) atoms. The van der Waals surface area contributed by atoms with Gasteiger partial charge in [-0.25, -0.2) is 0 Å². The summed E-state index contributed by atoms with van der Waals surface area (Å²) in [5.74, 6) is -1.08. The standard InChI is InChI=1S/C2H5ClO.C2H4O2.Na/c1-2-4-3;1-2(3)4;/h2H2,1H3;1H3,(H,3,4);/q;;+1/p-1. The van der Waals surface area contributed by atoms with Crippen LogP contribution in [0.3, 0.4) is 0 Å². The molecule has 50 valence electrons. The van der Waals surface area contributed by atoms with E-state index in [4.69, 9.17) is 9.90 Å². The van der Waals surface area contributed by atoms with Crippen LogP contribution in [-0.2, 0) is 9.08 Å². The van der Waals surface area contributed by atoms with Crippen molar-refractivity contribution < 1.29 is 43.7 Å². The molecule has 0 aliphatic heterocycles. The van der Waals surface area contributed by atoms with Crippen LogP contribution in [0, 0.1) is 0 Å². The Morgan fingerprint density at radius 3 is 1.89 bits per heavy atom. The van der Waals surface area contributed by atoms with Crippen LogP contribution in [-0.4, -0.2) is 12.6 Å². The van der Waals surface area contributed by atoms with Gasteiger partial charge in [0.2, 0.25) is 0 Å². The fourth-order valence-electron chi connectivity index (χ4n) is 0. The van der Waals surface area contributed by atoms with E-state index in [1.54, 1.807) is 0 Å². The summed E-state index contributed by atoms with van der Waals surface area (Å²) < 4.78 is 4.01. The molecule has 0 radical (unpaired) electrons. The Balaban J connectivity index is -0.0000000720. The van der Waals surface area contributed by atoms with Gasteiger partial charge in [-0.1, -0.05) is 0 Å². The van der Waals surface area contributed by atoms with Gasteiger partial charge in [0.25, 0.3) is 0 Å². The zero-order chi connectivity index (χ0) is 6.99. The Labute approximate surface area is 81.8 Å². The minimum atomic E-state index is -1.08. The number of carboxylic acids is 1. The topological polar surface area (TPSA) is 49.4 Å². The third kappa shape index (κ3) is 133. The maximum absolute atomic E-state index is 8.89. The first-order chi connectivity index (χ1) is 3.65. The van der Waals surface area contributed by atoms with E-state index in [2.05, 4.69) is 16.2 Å². The fourth-order valence-corrected chi connectivity index (χ4v) is 0.